The van der Waals surface area contributed by atoms with Crippen molar-refractivity contribution in [3.05, 3.63) is 66.0 Å². The Bertz CT molecular complexity index is 749. The van der Waals surface area contributed by atoms with E-state index in [1.807, 2.05) is 36.4 Å². The maximum atomic E-state index is 10.6. The van der Waals surface area contributed by atoms with Gasteiger partial charge in [0, 0.05) is 0 Å². The maximum absolute atomic E-state index is 10.6. The minimum Gasteiger partial charge on any atom is -0.351 e. The topological polar surface area (TPSA) is 46.9 Å². The average Bonchev–Trinajstić information content (AvgIpc) is 2.91. The lowest BCUT2D eigenvalue weighted by Gasteiger charge is -2.18. The Morgan fingerprint density at radius 2 is 1.86 bits per heavy atom. The van der Waals surface area contributed by atoms with Gasteiger partial charge in [0.25, 0.3) is 0 Å². The van der Waals surface area contributed by atoms with E-state index in [1.165, 1.54) is 5.56 Å². The van der Waals surface area contributed by atoms with Crippen LogP contribution in [0.3, 0.4) is 0 Å². The molecule has 4 heteroatoms. The van der Waals surface area contributed by atoms with E-state index >= 15 is 0 Å². The number of carbonyl (C=O) groups excluding carboxylic acids is 1. The molecule has 0 radical (unpaired) electrons. The summed E-state index contributed by atoms with van der Waals surface area (Å²) in [4.78, 5) is 15.2. The summed E-state index contributed by atoms with van der Waals surface area (Å²) in [6.07, 6.45) is 0.705. The number of amides is 1. The van der Waals surface area contributed by atoms with E-state index in [0.29, 0.717) is 13.0 Å². The first kappa shape index (κ1) is 13.4. The van der Waals surface area contributed by atoms with Crippen LogP contribution in [0.1, 0.15) is 24.4 Å². The highest BCUT2D eigenvalue weighted by molar-refractivity contribution is 5.76. The molecule has 1 N–H and O–H groups in total. The summed E-state index contributed by atoms with van der Waals surface area (Å²) in [5.74, 6) is 0.861. The normalized spacial score (nSPS) is 12.2. The molecule has 0 aliphatic carbocycles. The van der Waals surface area contributed by atoms with Gasteiger partial charge in [0.2, 0.25) is 6.41 Å². The van der Waals surface area contributed by atoms with Gasteiger partial charge in [0.15, 0.2) is 0 Å². The number of para-hydroxylation sites is 2. The molecule has 0 spiro atoms. The number of hydrogen-bond donors (Lipinski definition) is 1. The number of hydrogen-bond acceptors (Lipinski definition) is 2. The van der Waals surface area contributed by atoms with Crippen molar-refractivity contribution in [2.24, 2.45) is 0 Å². The predicted molar refractivity (Wildman–Crippen MR) is 82.9 cm³/mol. The molecule has 0 aliphatic heterocycles. The minimum absolute atomic E-state index is 0.155. The number of nitrogens with one attached hydrogen (secondary N) is 1. The Kier molecular flexibility index (Phi) is 3.69. The second kappa shape index (κ2) is 5.79. The lowest BCUT2D eigenvalue weighted by atomic mass is 10.1. The first-order valence-electron chi connectivity index (χ1n) is 6.99. The summed E-state index contributed by atoms with van der Waals surface area (Å²) in [5, 5.41) is 2.71. The fraction of sp³-hybridized carbons (Fsp3) is 0.176. The van der Waals surface area contributed by atoms with E-state index in [4.69, 9.17) is 0 Å². The van der Waals surface area contributed by atoms with Crippen LogP contribution in [-0.4, -0.2) is 16.0 Å². The third-order valence-electron chi connectivity index (χ3n) is 3.68. The first-order chi connectivity index (χ1) is 10.3. The quantitative estimate of drug-likeness (QED) is 0.730. The lowest BCUT2D eigenvalue weighted by molar-refractivity contribution is -0.109. The fourth-order valence-corrected chi connectivity index (χ4v) is 2.66. The second-order valence-corrected chi connectivity index (χ2v) is 4.97. The fourth-order valence-electron chi connectivity index (χ4n) is 2.66. The molecule has 0 unspecified atom stereocenters. The van der Waals surface area contributed by atoms with Crippen molar-refractivity contribution >= 4 is 17.4 Å². The third kappa shape index (κ3) is 2.52. The highest BCUT2D eigenvalue weighted by Gasteiger charge is 2.16. The van der Waals surface area contributed by atoms with Crippen molar-refractivity contribution in [3.8, 4) is 0 Å². The van der Waals surface area contributed by atoms with Gasteiger partial charge in [-0.3, -0.25) is 4.79 Å². The van der Waals surface area contributed by atoms with Crippen LogP contribution in [0.2, 0.25) is 0 Å². The molecule has 3 aromatic rings. The van der Waals surface area contributed by atoms with Crippen LogP contribution in [0.5, 0.6) is 0 Å². The molecule has 1 amide bonds. The van der Waals surface area contributed by atoms with Gasteiger partial charge in [-0.15, -0.1) is 0 Å². The molecule has 1 atom stereocenters. The molecular weight excluding hydrogens is 262 g/mol. The largest absolute Gasteiger partial charge is 0.351 e. The molecule has 1 heterocycles. The van der Waals surface area contributed by atoms with E-state index in [-0.39, 0.29) is 6.04 Å². The Labute approximate surface area is 123 Å². The van der Waals surface area contributed by atoms with Gasteiger partial charge < -0.3 is 9.88 Å². The lowest BCUT2D eigenvalue weighted by Crippen LogP contribution is -2.17. The molecule has 0 saturated carbocycles. The van der Waals surface area contributed by atoms with Crippen molar-refractivity contribution < 1.29 is 4.79 Å². The summed E-state index contributed by atoms with van der Waals surface area (Å²) in [7, 11) is 0. The molecule has 4 nitrogen and oxygen atoms in total. The SMILES string of the molecule is C[C@H](c1ccccc1)n1c(CNC=O)nc2ccccc21. The number of aromatic nitrogens is 2. The molecule has 0 saturated heterocycles. The zero-order chi connectivity index (χ0) is 14.7. The summed E-state index contributed by atoms with van der Waals surface area (Å²) >= 11 is 0. The van der Waals surface area contributed by atoms with Crippen LogP contribution in [0.25, 0.3) is 11.0 Å². The van der Waals surface area contributed by atoms with Crippen LogP contribution >= 0.6 is 0 Å². The minimum atomic E-state index is 0.155. The Balaban J connectivity index is 2.12. The zero-order valence-corrected chi connectivity index (χ0v) is 11.9. The van der Waals surface area contributed by atoms with Crippen LogP contribution in [-0.2, 0) is 11.3 Å². The van der Waals surface area contributed by atoms with Gasteiger partial charge >= 0.3 is 0 Å². The van der Waals surface area contributed by atoms with Gasteiger partial charge in [0.1, 0.15) is 5.82 Å². The highest BCUT2D eigenvalue weighted by atomic mass is 16.1. The number of carbonyl (C=O) groups is 1. The van der Waals surface area contributed by atoms with E-state index in [9.17, 15) is 4.79 Å². The maximum Gasteiger partial charge on any atom is 0.207 e. The van der Waals surface area contributed by atoms with Crippen LogP contribution in [0.4, 0.5) is 0 Å². The zero-order valence-electron chi connectivity index (χ0n) is 11.9. The van der Waals surface area contributed by atoms with Crippen molar-refractivity contribution in [1.29, 1.82) is 0 Å². The molecule has 2 aromatic carbocycles. The summed E-state index contributed by atoms with van der Waals surface area (Å²) < 4.78 is 2.18. The summed E-state index contributed by atoms with van der Waals surface area (Å²) in [6.45, 7) is 2.57. The van der Waals surface area contributed by atoms with E-state index in [2.05, 4.69) is 40.0 Å². The Morgan fingerprint density at radius 3 is 2.62 bits per heavy atom. The molecule has 0 fully saturated rings. The molecule has 0 bridgehead atoms. The number of fused-ring (bicyclic) bond motifs is 1. The monoisotopic (exact) mass is 279 g/mol. The van der Waals surface area contributed by atoms with E-state index < -0.39 is 0 Å². The molecule has 0 aliphatic rings. The van der Waals surface area contributed by atoms with Gasteiger partial charge in [-0.05, 0) is 24.6 Å². The Morgan fingerprint density at radius 1 is 1.14 bits per heavy atom. The van der Waals surface area contributed by atoms with Crippen LogP contribution < -0.4 is 5.32 Å². The summed E-state index contributed by atoms with van der Waals surface area (Å²) in [6, 6.07) is 18.5. The van der Waals surface area contributed by atoms with E-state index in [0.717, 1.165) is 16.9 Å². The second-order valence-electron chi connectivity index (χ2n) is 4.97. The predicted octanol–water partition coefficient (Wildman–Crippen LogP) is 2.89. The number of imidazole rings is 1. The van der Waals surface area contributed by atoms with Crippen molar-refractivity contribution in [3.63, 3.8) is 0 Å². The first-order valence-corrected chi connectivity index (χ1v) is 6.99. The Hall–Kier alpha value is -2.62. The third-order valence-corrected chi connectivity index (χ3v) is 3.68. The van der Waals surface area contributed by atoms with Crippen LogP contribution in [0.15, 0.2) is 54.6 Å². The molecular formula is C17H17N3O. The number of benzene rings is 2. The highest BCUT2D eigenvalue weighted by Crippen LogP contribution is 2.25. The van der Waals surface area contributed by atoms with Crippen LogP contribution in [0, 0.1) is 0 Å². The molecule has 21 heavy (non-hydrogen) atoms. The standard InChI is InChI=1S/C17H17N3O/c1-13(14-7-3-2-4-8-14)20-16-10-6-5-9-15(16)19-17(20)11-18-12-21/h2-10,12-13H,11H2,1H3,(H,18,21)/t13-/m1/s1. The summed E-state index contributed by atoms with van der Waals surface area (Å²) in [5.41, 5.74) is 3.24. The van der Waals surface area contributed by atoms with Crippen molar-refractivity contribution in [1.82, 2.24) is 14.9 Å². The van der Waals surface area contributed by atoms with Gasteiger partial charge in [-0.25, -0.2) is 4.98 Å². The van der Waals surface area contributed by atoms with Crippen molar-refractivity contribution in [2.45, 2.75) is 19.5 Å². The van der Waals surface area contributed by atoms with Crippen molar-refractivity contribution in [2.75, 3.05) is 0 Å². The smallest absolute Gasteiger partial charge is 0.207 e. The van der Waals surface area contributed by atoms with E-state index in [1.54, 1.807) is 0 Å². The van der Waals surface area contributed by atoms with Gasteiger partial charge in [0.05, 0.1) is 23.6 Å². The molecule has 106 valence electrons. The number of nitrogens with zero attached hydrogens (tertiary/aromatic N) is 2. The van der Waals surface area contributed by atoms with Gasteiger partial charge in [-0.1, -0.05) is 42.5 Å². The molecule has 3 rings (SSSR count). The molecule has 1 aromatic heterocycles. The van der Waals surface area contributed by atoms with Gasteiger partial charge in [-0.2, -0.15) is 0 Å². The number of rotatable bonds is 5. The average molecular weight is 279 g/mol.